The summed E-state index contributed by atoms with van der Waals surface area (Å²) in [5.41, 5.74) is 2.77. The summed E-state index contributed by atoms with van der Waals surface area (Å²) in [6, 6.07) is 14.7. The monoisotopic (exact) mass is 508 g/mol. The lowest BCUT2D eigenvalue weighted by Crippen LogP contribution is -2.44. The number of rotatable bonds is 5. The fraction of sp³-hybridized carbons (Fsp3) is 0.200. The van der Waals surface area contributed by atoms with Crippen molar-refractivity contribution < 1.29 is 9.90 Å². The summed E-state index contributed by atoms with van der Waals surface area (Å²) in [6.07, 6.45) is 1.59. The van der Waals surface area contributed by atoms with Gasteiger partial charge in [-0.05, 0) is 49.5 Å². The number of benzene rings is 2. The van der Waals surface area contributed by atoms with Gasteiger partial charge in [-0.2, -0.15) is 4.98 Å². The van der Waals surface area contributed by atoms with Crippen LogP contribution in [0.5, 0.6) is 0 Å². The zero-order chi connectivity index (χ0) is 24.5. The van der Waals surface area contributed by atoms with Crippen LogP contribution in [0.3, 0.4) is 0 Å². The highest BCUT2D eigenvalue weighted by molar-refractivity contribution is 6.39. The molecule has 178 valence electrons. The molecule has 2 N–H and O–H groups in total. The van der Waals surface area contributed by atoms with Crippen molar-refractivity contribution in [2.75, 3.05) is 43.4 Å². The largest absolute Gasteiger partial charge is 0.476 e. The molecule has 0 aliphatic carbocycles. The van der Waals surface area contributed by atoms with Crippen LogP contribution in [0.15, 0.2) is 54.7 Å². The van der Waals surface area contributed by atoms with Gasteiger partial charge in [-0.1, -0.05) is 29.3 Å². The number of carboxylic acid groups (broad SMARTS) is 1. The molecule has 1 saturated heterocycles. The van der Waals surface area contributed by atoms with E-state index in [1.165, 1.54) is 5.69 Å². The normalized spacial score (nSPS) is 14.3. The van der Waals surface area contributed by atoms with Gasteiger partial charge in [-0.15, -0.1) is 0 Å². The molecule has 0 atom stereocenters. The minimum Gasteiger partial charge on any atom is -0.476 e. The van der Waals surface area contributed by atoms with E-state index < -0.39 is 5.97 Å². The maximum absolute atomic E-state index is 12.0. The Hall–Kier alpha value is -3.46. The van der Waals surface area contributed by atoms with Gasteiger partial charge in [0.05, 0.1) is 0 Å². The topological polar surface area (TPSA) is 94.5 Å². The maximum Gasteiger partial charge on any atom is 0.355 e. The molecule has 0 saturated carbocycles. The molecule has 0 bridgehead atoms. The van der Waals surface area contributed by atoms with Gasteiger partial charge in [0.15, 0.2) is 11.3 Å². The predicted molar refractivity (Wildman–Crippen MR) is 139 cm³/mol. The molecule has 2 aromatic carbocycles. The molecule has 4 aromatic rings. The first kappa shape index (κ1) is 23.3. The van der Waals surface area contributed by atoms with Crippen LogP contribution in [0, 0.1) is 0 Å². The number of fused-ring (bicyclic) bond motifs is 1. The zero-order valence-corrected chi connectivity index (χ0v) is 20.4. The van der Waals surface area contributed by atoms with Crippen molar-refractivity contribution in [2.24, 2.45) is 0 Å². The van der Waals surface area contributed by atoms with Crippen molar-refractivity contribution in [3.63, 3.8) is 0 Å². The highest BCUT2D eigenvalue weighted by atomic mass is 35.5. The number of hydrogen-bond acceptors (Lipinski definition) is 7. The van der Waals surface area contributed by atoms with E-state index in [9.17, 15) is 9.90 Å². The minimum atomic E-state index is -1.20. The Morgan fingerprint density at radius 3 is 2.34 bits per heavy atom. The Labute approximate surface area is 212 Å². The van der Waals surface area contributed by atoms with E-state index in [4.69, 9.17) is 23.2 Å². The molecule has 10 heteroatoms. The second-order valence-electron chi connectivity index (χ2n) is 8.35. The van der Waals surface area contributed by atoms with E-state index in [-0.39, 0.29) is 11.3 Å². The number of halogens is 2. The maximum atomic E-state index is 12.0. The lowest BCUT2D eigenvalue weighted by molar-refractivity contribution is 0.0692. The number of carboxylic acids is 1. The number of piperazine rings is 1. The van der Waals surface area contributed by atoms with Crippen molar-refractivity contribution in [1.82, 2.24) is 19.9 Å². The molecule has 2 aromatic heterocycles. The quantitative estimate of drug-likeness (QED) is 0.380. The van der Waals surface area contributed by atoms with Gasteiger partial charge in [-0.3, -0.25) is 0 Å². The van der Waals surface area contributed by atoms with Crippen LogP contribution in [0.1, 0.15) is 10.5 Å². The van der Waals surface area contributed by atoms with Crippen LogP contribution >= 0.6 is 23.2 Å². The standard InChI is InChI=1S/C25H22Cl2N6O2/c1-32-9-11-33(12-10-32)17-7-5-16(6-8-17)29-25-28-14-15-13-18(21-19(26)3-2-4-20(21)27)22(24(34)35)30-23(15)31-25/h2-8,13-14H,9-12H2,1H3,(H,34,35)(H,28,29,30,31). The fourth-order valence-electron chi connectivity index (χ4n) is 4.08. The third-order valence-electron chi connectivity index (χ3n) is 6.00. The first-order valence-electron chi connectivity index (χ1n) is 11.0. The van der Waals surface area contributed by atoms with E-state index in [1.807, 2.05) is 12.1 Å². The average molecular weight is 509 g/mol. The Balaban J connectivity index is 1.43. The van der Waals surface area contributed by atoms with Crippen LogP contribution in [0.25, 0.3) is 22.2 Å². The van der Waals surface area contributed by atoms with Crippen LogP contribution in [-0.4, -0.2) is 64.2 Å². The Kier molecular flexibility index (Phi) is 6.42. The van der Waals surface area contributed by atoms with Crippen molar-refractivity contribution >= 4 is 57.5 Å². The van der Waals surface area contributed by atoms with E-state index >= 15 is 0 Å². The van der Waals surface area contributed by atoms with Crippen LogP contribution < -0.4 is 10.2 Å². The summed E-state index contributed by atoms with van der Waals surface area (Å²) < 4.78 is 0. The molecule has 8 nitrogen and oxygen atoms in total. The van der Waals surface area contributed by atoms with Crippen molar-refractivity contribution in [1.29, 1.82) is 0 Å². The SMILES string of the molecule is CN1CCN(c2ccc(Nc3ncc4cc(-c5c(Cl)cccc5Cl)c(C(=O)O)nc4n3)cc2)CC1. The Bertz CT molecular complexity index is 1390. The third kappa shape index (κ3) is 4.86. The van der Waals surface area contributed by atoms with Crippen LogP contribution in [0.4, 0.5) is 17.3 Å². The van der Waals surface area contributed by atoms with Gasteiger partial charge in [-0.25, -0.2) is 14.8 Å². The summed E-state index contributed by atoms with van der Waals surface area (Å²) in [4.78, 5) is 29.8. The van der Waals surface area contributed by atoms with Gasteiger partial charge < -0.3 is 20.2 Å². The molecule has 1 aliphatic heterocycles. The van der Waals surface area contributed by atoms with Gasteiger partial charge >= 0.3 is 5.97 Å². The summed E-state index contributed by atoms with van der Waals surface area (Å²) in [7, 11) is 2.13. The molecule has 0 unspecified atom stereocenters. The molecule has 3 heterocycles. The molecule has 0 spiro atoms. The van der Waals surface area contributed by atoms with Crippen LogP contribution in [-0.2, 0) is 0 Å². The predicted octanol–water partition coefficient (Wildman–Crippen LogP) is 5.19. The molecule has 5 rings (SSSR count). The minimum absolute atomic E-state index is 0.186. The number of aromatic nitrogens is 3. The fourth-order valence-corrected chi connectivity index (χ4v) is 4.68. The van der Waals surface area contributed by atoms with Gasteiger partial charge in [0.25, 0.3) is 0 Å². The van der Waals surface area contributed by atoms with Crippen molar-refractivity contribution in [2.45, 2.75) is 0 Å². The number of pyridine rings is 1. The first-order valence-corrected chi connectivity index (χ1v) is 11.8. The lowest BCUT2D eigenvalue weighted by Gasteiger charge is -2.34. The van der Waals surface area contributed by atoms with E-state index in [0.717, 1.165) is 31.9 Å². The van der Waals surface area contributed by atoms with E-state index in [0.29, 0.717) is 32.5 Å². The number of carbonyl (C=O) groups is 1. The molecule has 35 heavy (non-hydrogen) atoms. The summed E-state index contributed by atoms with van der Waals surface area (Å²) in [6.45, 7) is 4.08. The summed E-state index contributed by atoms with van der Waals surface area (Å²) >= 11 is 12.6. The van der Waals surface area contributed by atoms with Crippen molar-refractivity contribution in [3.8, 4) is 11.1 Å². The number of hydrogen-bond donors (Lipinski definition) is 2. The molecular formula is C25H22Cl2N6O2. The summed E-state index contributed by atoms with van der Waals surface area (Å²) in [5, 5.41) is 14.2. The molecule has 1 aliphatic rings. The second-order valence-corrected chi connectivity index (χ2v) is 9.17. The second kappa shape index (κ2) is 9.65. The van der Waals surface area contributed by atoms with E-state index in [2.05, 4.69) is 49.2 Å². The number of nitrogens with zero attached hydrogens (tertiary/aromatic N) is 5. The molecule has 1 fully saturated rings. The van der Waals surface area contributed by atoms with Gasteiger partial charge in [0.1, 0.15) is 0 Å². The number of anilines is 3. The Morgan fingerprint density at radius 1 is 1.00 bits per heavy atom. The smallest absolute Gasteiger partial charge is 0.355 e. The van der Waals surface area contributed by atoms with Crippen molar-refractivity contribution in [3.05, 3.63) is 70.5 Å². The summed E-state index contributed by atoms with van der Waals surface area (Å²) in [5.74, 6) is -0.886. The average Bonchev–Trinajstić information content (AvgIpc) is 2.84. The van der Waals surface area contributed by atoms with E-state index in [1.54, 1.807) is 30.5 Å². The Morgan fingerprint density at radius 2 is 1.69 bits per heavy atom. The molecule has 0 radical (unpaired) electrons. The number of nitrogens with one attached hydrogen (secondary N) is 1. The van der Waals surface area contributed by atoms with Crippen LogP contribution in [0.2, 0.25) is 10.0 Å². The highest BCUT2D eigenvalue weighted by Crippen LogP contribution is 2.37. The molecule has 0 amide bonds. The number of aromatic carboxylic acids is 1. The number of likely N-dealkylation sites (N-methyl/N-ethyl adjacent to an activating group) is 1. The zero-order valence-electron chi connectivity index (χ0n) is 18.9. The van der Waals surface area contributed by atoms with Gasteiger partial charge in [0.2, 0.25) is 5.95 Å². The third-order valence-corrected chi connectivity index (χ3v) is 6.63. The molecular weight excluding hydrogens is 487 g/mol. The highest BCUT2D eigenvalue weighted by Gasteiger charge is 2.20. The van der Waals surface area contributed by atoms with Gasteiger partial charge in [0, 0.05) is 70.3 Å². The lowest BCUT2D eigenvalue weighted by atomic mass is 10.0. The first-order chi connectivity index (χ1) is 16.9.